The zero-order valence-electron chi connectivity index (χ0n) is 13.7. The van der Waals surface area contributed by atoms with Gasteiger partial charge in [0.25, 0.3) is 5.91 Å². The van der Waals surface area contributed by atoms with Crippen molar-refractivity contribution in [1.29, 1.82) is 0 Å². The Hall–Kier alpha value is -1.56. The molecular formula is C16H23ClN4O2. The van der Waals surface area contributed by atoms with Gasteiger partial charge in [-0.3, -0.25) is 14.7 Å². The van der Waals surface area contributed by atoms with Gasteiger partial charge < -0.3 is 9.80 Å². The molecule has 1 unspecified atom stereocenters. The van der Waals surface area contributed by atoms with Crippen LogP contribution in [0.25, 0.3) is 0 Å². The molecule has 0 radical (unpaired) electrons. The van der Waals surface area contributed by atoms with E-state index in [2.05, 4.69) is 17.1 Å². The molecule has 6 nitrogen and oxygen atoms in total. The van der Waals surface area contributed by atoms with Gasteiger partial charge in [0.05, 0.1) is 10.7 Å². The molecule has 1 atom stereocenters. The molecule has 2 saturated heterocycles. The third-order valence-electron chi connectivity index (χ3n) is 5.01. The zero-order chi connectivity index (χ0) is 16.6. The van der Waals surface area contributed by atoms with Crippen LogP contribution in [-0.2, 0) is 4.79 Å². The van der Waals surface area contributed by atoms with Crippen LogP contribution in [0.1, 0.15) is 55.2 Å². The maximum atomic E-state index is 13.0. The minimum absolute atomic E-state index is 0.0971. The van der Waals surface area contributed by atoms with Crippen molar-refractivity contribution in [3.8, 4) is 0 Å². The van der Waals surface area contributed by atoms with Crippen LogP contribution in [-0.4, -0.2) is 57.0 Å². The van der Waals surface area contributed by atoms with Gasteiger partial charge in [-0.25, -0.2) is 0 Å². The number of hydrogen-bond donors (Lipinski definition) is 1. The number of nitrogens with one attached hydrogen (secondary N) is 1. The first-order valence-electron chi connectivity index (χ1n) is 8.33. The number of nitrogens with zero attached hydrogens (tertiary/aromatic N) is 3. The third-order valence-corrected chi connectivity index (χ3v) is 5.47. The van der Waals surface area contributed by atoms with Gasteiger partial charge >= 0.3 is 0 Å². The predicted octanol–water partition coefficient (Wildman–Crippen LogP) is 2.38. The van der Waals surface area contributed by atoms with Gasteiger partial charge in [0.2, 0.25) is 5.91 Å². The highest BCUT2D eigenvalue weighted by Crippen LogP contribution is 2.39. The molecule has 0 saturated carbocycles. The maximum absolute atomic E-state index is 13.0. The second-order valence-electron chi connectivity index (χ2n) is 6.50. The summed E-state index contributed by atoms with van der Waals surface area (Å²) in [6, 6.07) is 0. The van der Waals surface area contributed by atoms with E-state index in [1.54, 1.807) is 11.8 Å². The lowest BCUT2D eigenvalue weighted by Gasteiger charge is -2.44. The second-order valence-corrected chi connectivity index (χ2v) is 6.88. The first kappa shape index (κ1) is 16.3. The molecule has 1 aromatic rings. The summed E-state index contributed by atoms with van der Waals surface area (Å²) in [6.07, 6.45) is 4.18. The Balaban J connectivity index is 1.91. The maximum Gasteiger partial charge on any atom is 0.276 e. The number of piperidine rings is 1. The third kappa shape index (κ3) is 2.53. The van der Waals surface area contributed by atoms with Crippen molar-refractivity contribution in [2.75, 3.05) is 19.6 Å². The molecule has 1 spiro atoms. The topological polar surface area (TPSA) is 69.3 Å². The summed E-state index contributed by atoms with van der Waals surface area (Å²) in [6.45, 7) is 5.98. The van der Waals surface area contributed by atoms with Gasteiger partial charge in [0.15, 0.2) is 5.69 Å². The minimum Gasteiger partial charge on any atom is -0.341 e. The molecule has 3 heterocycles. The van der Waals surface area contributed by atoms with Crippen LogP contribution in [0, 0.1) is 6.92 Å². The average Bonchev–Trinajstić information content (AvgIpc) is 3.10. The van der Waals surface area contributed by atoms with Crippen molar-refractivity contribution in [1.82, 2.24) is 20.0 Å². The lowest BCUT2D eigenvalue weighted by molar-refractivity contribution is -0.145. The van der Waals surface area contributed by atoms with E-state index in [1.165, 1.54) is 0 Å². The number of likely N-dealkylation sites (tertiary alicyclic amines) is 2. The number of halogens is 1. The Morgan fingerprint density at radius 2 is 2.04 bits per heavy atom. The lowest BCUT2D eigenvalue weighted by Crippen LogP contribution is -2.61. The highest BCUT2D eigenvalue weighted by molar-refractivity contribution is 6.34. The van der Waals surface area contributed by atoms with Crippen LogP contribution in [0.2, 0.25) is 5.02 Å². The number of amides is 2. The minimum atomic E-state index is -0.694. The van der Waals surface area contributed by atoms with E-state index in [1.807, 2.05) is 4.90 Å². The second kappa shape index (κ2) is 6.15. The summed E-state index contributed by atoms with van der Waals surface area (Å²) in [4.78, 5) is 29.6. The van der Waals surface area contributed by atoms with Crippen molar-refractivity contribution in [3.05, 3.63) is 16.4 Å². The van der Waals surface area contributed by atoms with E-state index in [9.17, 15) is 9.59 Å². The van der Waals surface area contributed by atoms with Crippen molar-refractivity contribution < 1.29 is 9.59 Å². The summed E-state index contributed by atoms with van der Waals surface area (Å²) in [5.41, 5.74) is 0.206. The van der Waals surface area contributed by atoms with Gasteiger partial charge in [-0.05, 0) is 39.0 Å². The summed E-state index contributed by atoms with van der Waals surface area (Å²) in [7, 11) is 0. The van der Waals surface area contributed by atoms with Crippen molar-refractivity contribution in [3.63, 3.8) is 0 Å². The standard InChI is InChI=1S/C16H23ClN4O2/c1-3-8-20-9-4-6-16(15(20)23)7-5-10-21(16)14(22)13-12(17)11(2)18-19-13/h3-10H2,1-2H3,(H,18,19). The monoisotopic (exact) mass is 338 g/mol. The number of aromatic nitrogens is 2. The van der Waals surface area contributed by atoms with Crippen LogP contribution in [0.4, 0.5) is 0 Å². The van der Waals surface area contributed by atoms with Crippen LogP contribution in [0.15, 0.2) is 0 Å². The SMILES string of the molecule is CCCN1CCCC2(CCCN2C(=O)c2n[nH]c(C)c2Cl)C1=O. The Bertz CT molecular complexity index is 628. The molecule has 2 aliphatic heterocycles. The molecule has 2 fully saturated rings. The fourth-order valence-corrected chi connectivity index (χ4v) is 4.06. The number of rotatable bonds is 3. The summed E-state index contributed by atoms with van der Waals surface area (Å²) in [5, 5.41) is 7.15. The van der Waals surface area contributed by atoms with Gasteiger partial charge in [0.1, 0.15) is 5.54 Å². The molecule has 2 aliphatic rings. The van der Waals surface area contributed by atoms with E-state index in [0.29, 0.717) is 17.3 Å². The molecule has 23 heavy (non-hydrogen) atoms. The number of H-pyrrole nitrogens is 1. The Labute approximate surface area is 141 Å². The van der Waals surface area contributed by atoms with E-state index in [4.69, 9.17) is 11.6 Å². The molecule has 0 aliphatic carbocycles. The molecule has 126 valence electrons. The smallest absolute Gasteiger partial charge is 0.276 e. The highest BCUT2D eigenvalue weighted by Gasteiger charge is 2.53. The van der Waals surface area contributed by atoms with E-state index in [0.717, 1.165) is 45.2 Å². The average molecular weight is 339 g/mol. The molecule has 0 aromatic carbocycles. The lowest BCUT2D eigenvalue weighted by atomic mass is 9.85. The predicted molar refractivity (Wildman–Crippen MR) is 87.4 cm³/mol. The highest BCUT2D eigenvalue weighted by atomic mass is 35.5. The van der Waals surface area contributed by atoms with Crippen LogP contribution < -0.4 is 0 Å². The van der Waals surface area contributed by atoms with Crippen molar-refractivity contribution in [2.45, 2.75) is 51.5 Å². The number of aryl methyl sites for hydroxylation is 1. The first-order valence-corrected chi connectivity index (χ1v) is 8.71. The first-order chi connectivity index (χ1) is 11.0. The molecule has 1 aromatic heterocycles. The van der Waals surface area contributed by atoms with Gasteiger partial charge in [0, 0.05) is 19.6 Å². The van der Waals surface area contributed by atoms with Gasteiger partial charge in [-0.2, -0.15) is 5.10 Å². The Morgan fingerprint density at radius 3 is 2.65 bits per heavy atom. The number of aromatic amines is 1. The van der Waals surface area contributed by atoms with Crippen molar-refractivity contribution >= 4 is 23.4 Å². The molecular weight excluding hydrogens is 316 g/mol. The Morgan fingerprint density at radius 1 is 1.35 bits per heavy atom. The number of carbonyl (C=O) groups is 2. The van der Waals surface area contributed by atoms with Gasteiger partial charge in [-0.15, -0.1) is 0 Å². The normalized spacial score (nSPS) is 24.7. The summed E-state index contributed by atoms with van der Waals surface area (Å²) < 4.78 is 0. The Kier molecular flexibility index (Phi) is 4.36. The molecule has 7 heteroatoms. The van der Waals surface area contributed by atoms with Crippen LogP contribution in [0.3, 0.4) is 0 Å². The van der Waals surface area contributed by atoms with Crippen LogP contribution in [0.5, 0.6) is 0 Å². The molecule has 1 N–H and O–H groups in total. The van der Waals surface area contributed by atoms with Gasteiger partial charge in [-0.1, -0.05) is 18.5 Å². The molecule has 3 rings (SSSR count). The molecule has 2 amide bonds. The van der Waals surface area contributed by atoms with E-state index in [-0.39, 0.29) is 17.5 Å². The largest absolute Gasteiger partial charge is 0.341 e. The molecule has 0 bridgehead atoms. The number of hydrogen-bond acceptors (Lipinski definition) is 3. The summed E-state index contributed by atoms with van der Waals surface area (Å²) >= 11 is 6.19. The number of carbonyl (C=O) groups excluding carboxylic acids is 2. The fraction of sp³-hybridized carbons (Fsp3) is 0.688. The quantitative estimate of drug-likeness (QED) is 0.920. The van der Waals surface area contributed by atoms with E-state index < -0.39 is 5.54 Å². The zero-order valence-corrected chi connectivity index (χ0v) is 14.4. The van der Waals surface area contributed by atoms with Crippen LogP contribution >= 0.6 is 11.6 Å². The summed E-state index contributed by atoms with van der Waals surface area (Å²) in [5.74, 6) is -0.136. The fourth-order valence-electron chi connectivity index (χ4n) is 3.89. The van der Waals surface area contributed by atoms with E-state index >= 15 is 0 Å². The van der Waals surface area contributed by atoms with Crippen molar-refractivity contribution in [2.24, 2.45) is 0 Å².